The fourth-order valence-electron chi connectivity index (χ4n) is 1.82. The van der Waals surface area contributed by atoms with Crippen LogP contribution >= 0.6 is 23.4 Å². The van der Waals surface area contributed by atoms with Gasteiger partial charge in [0.2, 0.25) is 0 Å². The molecule has 0 aliphatic carbocycles. The molecule has 2 rings (SSSR count). The highest BCUT2D eigenvalue weighted by Gasteiger charge is 2.09. The molecule has 0 spiro atoms. The monoisotopic (exact) mass is 327 g/mol. The van der Waals surface area contributed by atoms with Crippen LogP contribution in [0, 0.1) is 11.6 Å². The Morgan fingerprint density at radius 1 is 1.10 bits per heavy atom. The Bertz CT molecular complexity index is 619. The lowest BCUT2D eigenvalue weighted by molar-refractivity contribution is 0.577. The van der Waals surface area contributed by atoms with Gasteiger partial charge in [-0.15, -0.1) is 0 Å². The van der Waals surface area contributed by atoms with Crippen LogP contribution in [0.25, 0.3) is 0 Å². The van der Waals surface area contributed by atoms with E-state index in [9.17, 15) is 8.78 Å². The molecule has 1 nitrogen and oxygen atoms in total. The van der Waals surface area contributed by atoms with Gasteiger partial charge in [0.05, 0.1) is 9.92 Å². The van der Waals surface area contributed by atoms with Crippen LogP contribution in [0.3, 0.4) is 0 Å². The Labute approximate surface area is 132 Å². The first kappa shape index (κ1) is 16.3. The number of hydrogen-bond acceptors (Lipinski definition) is 2. The molecule has 0 aliphatic rings. The van der Waals surface area contributed by atoms with Crippen LogP contribution in [0.2, 0.25) is 5.02 Å². The lowest BCUT2D eigenvalue weighted by Crippen LogP contribution is -2.13. The van der Waals surface area contributed by atoms with E-state index in [-0.39, 0.29) is 4.90 Å². The summed E-state index contributed by atoms with van der Waals surface area (Å²) in [7, 11) is 0. The highest BCUT2D eigenvalue weighted by atomic mass is 35.5. The molecule has 21 heavy (non-hydrogen) atoms. The summed E-state index contributed by atoms with van der Waals surface area (Å²) >= 11 is 7.34. The molecule has 0 saturated carbocycles. The summed E-state index contributed by atoms with van der Waals surface area (Å²) in [4.78, 5) is 0.939. The fourth-order valence-corrected chi connectivity index (χ4v) is 3.01. The molecule has 0 unspecified atom stereocenters. The minimum absolute atomic E-state index is 0.230. The van der Waals surface area contributed by atoms with Gasteiger partial charge in [0, 0.05) is 11.4 Å². The van der Waals surface area contributed by atoms with Crippen molar-refractivity contribution in [1.29, 1.82) is 0 Å². The molecule has 2 aromatic carbocycles. The van der Waals surface area contributed by atoms with E-state index in [1.54, 1.807) is 0 Å². The SMILES string of the molecule is CCCNCc1ccc(Sc2cc(F)ccc2F)c(Cl)c1. The highest BCUT2D eigenvalue weighted by Crippen LogP contribution is 2.35. The third-order valence-electron chi connectivity index (χ3n) is 2.87. The zero-order valence-corrected chi connectivity index (χ0v) is 13.2. The lowest BCUT2D eigenvalue weighted by Gasteiger charge is -2.08. The van der Waals surface area contributed by atoms with Crippen LogP contribution in [-0.2, 0) is 6.54 Å². The molecular weight excluding hydrogens is 312 g/mol. The molecule has 0 heterocycles. The van der Waals surface area contributed by atoms with Gasteiger partial charge < -0.3 is 5.32 Å². The third-order valence-corrected chi connectivity index (χ3v) is 4.40. The maximum absolute atomic E-state index is 13.6. The molecule has 2 aromatic rings. The number of hydrogen-bond donors (Lipinski definition) is 1. The summed E-state index contributed by atoms with van der Waals surface area (Å²) in [5.74, 6) is -0.915. The molecule has 0 saturated heterocycles. The van der Waals surface area contributed by atoms with E-state index in [1.165, 1.54) is 6.07 Å². The van der Waals surface area contributed by atoms with Gasteiger partial charge in [-0.25, -0.2) is 8.78 Å². The molecule has 5 heteroatoms. The molecule has 0 amide bonds. The average Bonchev–Trinajstić information content (AvgIpc) is 2.46. The number of nitrogens with one attached hydrogen (secondary N) is 1. The average molecular weight is 328 g/mol. The van der Waals surface area contributed by atoms with Gasteiger partial charge in [0.25, 0.3) is 0 Å². The van der Waals surface area contributed by atoms with Crippen LogP contribution < -0.4 is 5.32 Å². The molecule has 112 valence electrons. The Morgan fingerprint density at radius 2 is 1.90 bits per heavy atom. The topological polar surface area (TPSA) is 12.0 Å². The van der Waals surface area contributed by atoms with Crippen molar-refractivity contribution in [3.05, 3.63) is 58.6 Å². The van der Waals surface area contributed by atoms with Crippen molar-refractivity contribution >= 4 is 23.4 Å². The fraction of sp³-hybridized carbons (Fsp3) is 0.250. The first-order chi connectivity index (χ1) is 10.1. The second-order valence-corrected chi connectivity index (χ2v) is 6.11. The molecule has 1 N–H and O–H groups in total. The maximum atomic E-state index is 13.6. The minimum Gasteiger partial charge on any atom is -0.313 e. The third kappa shape index (κ3) is 4.70. The van der Waals surface area contributed by atoms with Crippen molar-refractivity contribution in [2.24, 2.45) is 0 Å². The Kier molecular flexibility index (Phi) is 6.03. The first-order valence-corrected chi connectivity index (χ1v) is 7.91. The van der Waals surface area contributed by atoms with Crippen molar-refractivity contribution in [3.63, 3.8) is 0 Å². The van der Waals surface area contributed by atoms with E-state index < -0.39 is 11.6 Å². The highest BCUT2D eigenvalue weighted by molar-refractivity contribution is 7.99. The van der Waals surface area contributed by atoms with Crippen LogP contribution in [0.15, 0.2) is 46.2 Å². The quantitative estimate of drug-likeness (QED) is 0.725. The van der Waals surface area contributed by atoms with Crippen molar-refractivity contribution in [1.82, 2.24) is 5.32 Å². The van der Waals surface area contributed by atoms with Gasteiger partial charge in [-0.05, 0) is 48.9 Å². The van der Waals surface area contributed by atoms with Crippen molar-refractivity contribution in [2.45, 2.75) is 29.7 Å². The summed E-state index contributed by atoms with van der Waals surface area (Å²) < 4.78 is 26.8. The van der Waals surface area contributed by atoms with E-state index >= 15 is 0 Å². The Hall–Kier alpha value is -1.10. The second kappa shape index (κ2) is 7.78. The summed E-state index contributed by atoms with van der Waals surface area (Å²) in [6, 6.07) is 9.02. The molecule has 0 bridgehead atoms. The van der Waals surface area contributed by atoms with Crippen LogP contribution in [0.4, 0.5) is 8.78 Å². The van der Waals surface area contributed by atoms with Crippen molar-refractivity contribution in [3.8, 4) is 0 Å². The predicted octanol–water partition coefficient (Wildman–Crippen LogP) is 5.27. The van der Waals surface area contributed by atoms with E-state index in [1.807, 2.05) is 18.2 Å². The van der Waals surface area contributed by atoms with Gasteiger partial charge in [0.1, 0.15) is 11.6 Å². The molecule has 0 aliphatic heterocycles. The number of halogens is 3. The molecular formula is C16H16ClF2NS. The molecule has 0 fully saturated rings. The Morgan fingerprint density at radius 3 is 2.62 bits per heavy atom. The number of benzene rings is 2. The largest absolute Gasteiger partial charge is 0.313 e. The lowest BCUT2D eigenvalue weighted by atomic mass is 10.2. The van der Waals surface area contributed by atoms with Gasteiger partial charge in [-0.1, -0.05) is 36.4 Å². The van der Waals surface area contributed by atoms with Gasteiger partial charge in [-0.3, -0.25) is 0 Å². The minimum atomic E-state index is -0.463. The van der Waals surface area contributed by atoms with Crippen LogP contribution in [0.1, 0.15) is 18.9 Å². The zero-order valence-electron chi connectivity index (χ0n) is 11.6. The van der Waals surface area contributed by atoms with Gasteiger partial charge in [0.15, 0.2) is 0 Å². The van der Waals surface area contributed by atoms with Crippen LogP contribution in [0.5, 0.6) is 0 Å². The van der Waals surface area contributed by atoms with Crippen molar-refractivity contribution in [2.75, 3.05) is 6.54 Å². The summed E-state index contributed by atoms with van der Waals surface area (Å²) in [5, 5.41) is 3.83. The van der Waals surface area contributed by atoms with E-state index in [0.717, 1.165) is 49.0 Å². The zero-order chi connectivity index (χ0) is 15.2. The van der Waals surface area contributed by atoms with E-state index in [4.69, 9.17) is 11.6 Å². The molecule has 0 aromatic heterocycles. The summed E-state index contributed by atoms with van der Waals surface area (Å²) in [6.45, 7) is 3.79. The molecule has 0 radical (unpaired) electrons. The first-order valence-electron chi connectivity index (χ1n) is 6.72. The predicted molar refractivity (Wildman–Crippen MR) is 83.9 cm³/mol. The van der Waals surface area contributed by atoms with Gasteiger partial charge >= 0.3 is 0 Å². The summed E-state index contributed by atoms with van der Waals surface area (Å²) in [5.41, 5.74) is 1.07. The summed E-state index contributed by atoms with van der Waals surface area (Å²) in [6.07, 6.45) is 1.07. The standard InChI is InChI=1S/C16H16ClF2NS/c1-2-7-20-10-11-3-6-15(13(17)8-11)21-16-9-12(18)4-5-14(16)19/h3-6,8-9,20H,2,7,10H2,1H3. The normalized spacial score (nSPS) is 10.9. The molecule has 0 atom stereocenters. The maximum Gasteiger partial charge on any atom is 0.137 e. The number of rotatable bonds is 6. The smallest absolute Gasteiger partial charge is 0.137 e. The van der Waals surface area contributed by atoms with E-state index in [0.29, 0.717) is 9.92 Å². The Balaban J connectivity index is 2.12. The van der Waals surface area contributed by atoms with Gasteiger partial charge in [-0.2, -0.15) is 0 Å². The second-order valence-electron chi connectivity index (χ2n) is 4.62. The van der Waals surface area contributed by atoms with Crippen LogP contribution in [-0.4, -0.2) is 6.54 Å². The van der Waals surface area contributed by atoms with Crippen molar-refractivity contribution < 1.29 is 8.78 Å². The van der Waals surface area contributed by atoms with E-state index in [2.05, 4.69) is 12.2 Å².